The van der Waals surface area contributed by atoms with Crippen molar-refractivity contribution in [3.8, 4) is 0 Å². The molecule has 1 atom stereocenters. The van der Waals surface area contributed by atoms with Gasteiger partial charge in [0.25, 0.3) is 0 Å². The van der Waals surface area contributed by atoms with E-state index in [2.05, 4.69) is 4.90 Å². The van der Waals surface area contributed by atoms with Gasteiger partial charge in [-0.1, -0.05) is 0 Å². The second-order valence-electron chi connectivity index (χ2n) is 6.19. The molecule has 0 spiro atoms. The number of carboxylic acid groups (broad SMARTS) is 1. The second-order valence-corrected chi connectivity index (χ2v) is 6.19. The van der Waals surface area contributed by atoms with E-state index >= 15 is 0 Å². The Hall–Kier alpha value is -1.34. The molecule has 0 aromatic carbocycles. The average Bonchev–Trinajstić information content (AvgIpc) is 2.37. The van der Waals surface area contributed by atoms with Gasteiger partial charge in [0.2, 0.25) is 0 Å². The predicted octanol–water partition coefficient (Wildman–Crippen LogP) is 1.03. The lowest BCUT2D eigenvalue weighted by Crippen LogP contribution is -2.47. The number of morpholine rings is 1. The van der Waals surface area contributed by atoms with Crippen LogP contribution in [0, 0.1) is 0 Å². The molecule has 0 aliphatic carbocycles. The standard InChI is InChI=1S/C14H26N2O5/c1-14(2,3)21-13(19)15(4)11(12(17)18)5-6-16-7-9-20-10-8-16/h11H,5-10H2,1-4H3,(H,17,18). The molecule has 1 heterocycles. The van der Waals surface area contributed by atoms with Crippen molar-refractivity contribution in [1.29, 1.82) is 0 Å². The molecule has 1 saturated heterocycles. The number of aliphatic carboxylic acids is 1. The molecule has 122 valence electrons. The predicted molar refractivity (Wildman–Crippen MR) is 77.3 cm³/mol. The minimum atomic E-state index is -1.02. The van der Waals surface area contributed by atoms with E-state index in [9.17, 15) is 14.7 Å². The first kappa shape index (κ1) is 17.7. The molecule has 1 unspecified atom stereocenters. The van der Waals surface area contributed by atoms with Crippen LogP contribution in [0.15, 0.2) is 0 Å². The zero-order valence-electron chi connectivity index (χ0n) is 13.3. The van der Waals surface area contributed by atoms with Crippen molar-refractivity contribution < 1.29 is 24.2 Å². The molecule has 7 heteroatoms. The van der Waals surface area contributed by atoms with Gasteiger partial charge in [-0.15, -0.1) is 0 Å². The smallest absolute Gasteiger partial charge is 0.410 e. The Kier molecular flexibility index (Phi) is 6.42. The van der Waals surface area contributed by atoms with E-state index in [1.165, 1.54) is 7.05 Å². The maximum atomic E-state index is 12.0. The Morgan fingerprint density at radius 1 is 1.33 bits per heavy atom. The molecule has 0 bridgehead atoms. The zero-order valence-corrected chi connectivity index (χ0v) is 13.3. The lowest BCUT2D eigenvalue weighted by molar-refractivity contribution is -0.143. The zero-order chi connectivity index (χ0) is 16.0. The lowest BCUT2D eigenvalue weighted by atomic mass is 10.1. The molecular weight excluding hydrogens is 276 g/mol. The molecule has 21 heavy (non-hydrogen) atoms. The van der Waals surface area contributed by atoms with Crippen LogP contribution in [0.2, 0.25) is 0 Å². The van der Waals surface area contributed by atoms with Crippen molar-refractivity contribution in [2.45, 2.75) is 38.8 Å². The number of nitrogens with zero attached hydrogens (tertiary/aromatic N) is 2. The molecular formula is C14H26N2O5. The van der Waals surface area contributed by atoms with E-state index in [1.807, 2.05) is 0 Å². The summed E-state index contributed by atoms with van der Waals surface area (Å²) in [6.45, 7) is 8.80. The number of carbonyl (C=O) groups excluding carboxylic acids is 1. The normalized spacial score (nSPS) is 18.1. The van der Waals surface area contributed by atoms with Crippen LogP contribution in [0.25, 0.3) is 0 Å². The Balaban J connectivity index is 2.54. The molecule has 1 aliphatic rings. The number of carboxylic acids is 1. The van der Waals surface area contributed by atoms with Gasteiger partial charge in [0.1, 0.15) is 11.6 Å². The molecule has 1 rings (SSSR count). The fourth-order valence-corrected chi connectivity index (χ4v) is 2.07. The van der Waals surface area contributed by atoms with Gasteiger partial charge in [0, 0.05) is 26.7 Å². The largest absolute Gasteiger partial charge is 0.480 e. The minimum Gasteiger partial charge on any atom is -0.480 e. The van der Waals surface area contributed by atoms with Gasteiger partial charge in [-0.2, -0.15) is 0 Å². The summed E-state index contributed by atoms with van der Waals surface area (Å²) in [5, 5.41) is 9.33. The van der Waals surface area contributed by atoms with Gasteiger partial charge in [-0.25, -0.2) is 9.59 Å². The van der Waals surface area contributed by atoms with E-state index in [0.29, 0.717) is 26.2 Å². The quantitative estimate of drug-likeness (QED) is 0.817. The van der Waals surface area contributed by atoms with Gasteiger partial charge in [0.05, 0.1) is 13.2 Å². The van der Waals surface area contributed by atoms with Crippen LogP contribution in [-0.4, -0.2) is 78.5 Å². The fraction of sp³-hybridized carbons (Fsp3) is 0.857. The van der Waals surface area contributed by atoms with Crippen molar-refractivity contribution in [2.75, 3.05) is 39.9 Å². The van der Waals surface area contributed by atoms with Gasteiger partial charge >= 0.3 is 12.1 Å². The van der Waals surface area contributed by atoms with Crippen LogP contribution in [0.5, 0.6) is 0 Å². The first-order valence-corrected chi connectivity index (χ1v) is 7.19. The number of ether oxygens (including phenoxy) is 2. The third-order valence-electron chi connectivity index (χ3n) is 3.26. The summed E-state index contributed by atoms with van der Waals surface area (Å²) in [5.41, 5.74) is -0.640. The second kappa shape index (κ2) is 7.61. The third kappa shape index (κ3) is 6.31. The number of likely N-dealkylation sites (N-methyl/N-ethyl adjacent to an activating group) is 1. The SMILES string of the molecule is CN(C(=O)OC(C)(C)C)C(CCN1CCOCC1)C(=O)O. The van der Waals surface area contributed by atoms with Gasteiger partial charge < -0.3 is 14.6 Å². The molecule has 7 nitrogen and oxygen atoms in total. The van der Waals surface area contributed by atoms with E-state index < -0.39 is 23.7 Å². The first-order valence-electron chi connectivity index (χ1n) is 7.19. The summed E-state index contributed by atoms with van der Waals surface area (Å²) in [6.07, 6.45) is -0.248. The van der Waals surface area contributed by atoms with Crippen molar-refractivity contribution in [3.63, 3.8) is 0 Å². The Morgan fingerprint density at radius 2 is 1.90 bits per heavy atom. The molecule has 0 saturated carbocycles. The summed E-state index contributed by atoms with van der Waals surface area (Å²) in [4.78, 5) is 26.7. The Morgan fingerprint density at radius 3 is 2.38 bits per heavy atom. The highest BCUT2D eigenvalue weighted by Crippen LogP contribution is 2.13. The van der Waals surface area contributed by atoms with Gasteiger partial charge in [0.15, 0.2) is 0 Å². The lowest BCUT2D eigenvalue weighted by Gasteiger charge is -2.31. The number of rotatable bonds is 5. The van der Waals surface area contributed by atoms with Crippen LogP contribution in [-0.2, 0) is 14.3 Å². The van der Waals surface area contributed by atoms with Crippen molar-refractivity contribution in [1.82, 2.24) is 9.80 Å². The highest BCUT2D eigenvalue weighted by molar-refractivity contribution is 5.79. The number of carbonyl (C=O) groups is 2. The molecule has 1 fully saturated rings. The molecule has 1 N–H and O–H groups in total. The summed E-state index contributed by atoms with van der Waals surface area (Å²) in [6, 6.07) is -0.886. The van der Waals surface area contributed by atoms with Crippen LogP contribution in [0.3, 0.4) is 0 Å². The molecule has 0 aromatic heterocycles. The highest BCUT2D eigenvalue weighted by atomic mass is 16.6. The van der Waals surface area contributed by atoms with Crippen LogP contribution < -0.4 is 0 Å². The molecule has 0 radical (unpaired) electrons. The number of amides is 1. The van der Waals surface area contributed by atoms with Crippen molar-refractivity contribution in [2.24, 2.45) is 0 Å². The van der Waals surface area contributed by atoms with Crippen LogP contribution in [0.1, 0.15) is 27.2 Å². The number of hydrogen-bond donors (Lipinski definition) is 1. The Labute approximate surface area is 125 Å². The highest BCUT2D eigenvalue weighted by Gasteiger charge is 2.30. The first-order chi connectivity index (χ1) is 9.70. The van der Waals surface area contributed by atoms with E-state index in [0.717, 1.165) is 18.0 Å². The number of hydrogen-bond acceptors (Lipinski definition) is 5. The van der Waals surface area contributed by atoms with Crippen molar-refractivity contribution >= 4 is 12.1 Å². The molecule has 0 aromatic rings. The summed E-state index contributed by atoms with van der Waals surface area (Å²) in [5.74, 6) is -1.02. The maximum absolute atomic E-state index is 12.0. The van der Waals surface area contributed by atoms with Gasteiger partial charge in [-0.3, -0.25) is 9.80 Å². The maximum Gasteiger partial charge on any atom is 0.410 e. The average molecular weight is 302 g/mol. The third-order valence-corrected chi connectivity index (χ3v) is 3.26. The van der Waals surface area contributed by atoms with E-state index in [-0.39, 0.29) is 0 Å². The van der Waals surface area contributed by atoms with Gasteiger partial charge in [-0.05, 0) is 27.2 Å². The topological polar surface area (TPSA) is 79.3 Å². The monoisotopic (exact) mass is 302 g/mol. The van der Waals surface area contributed by atoms with Crippen LogP contribution in [0.4, 0.5) is 4.79 Å². The summed E-state index contributed by atoms with van der Waals surface area (Å²) < 4.78 is 10.5. The van der Waals surface area contributed by atoms with Crippen LogP contribution >= 0.6 is 0 Å². The minimum absolute atomic E-state index is 0.366. The summed E-state index contributed by atoms with van der Waals surface area (Å²) >= 11 is 0. The molecule has 1 amide bonds. The fourth-order valence-electron chi connectivity index (χ4n) is 2.07. The van der Waals surface area contributed by atoms with E-state index in [1.54, 1.807) is 20.8 Å². The summed E-state index contributed by atoms with van der Waals surface area (Å²) in [7, 11) is 1.46. The Bertz CT molecular complexity index is 361. The van der Waals surface area contributed by atoms with E-state index in [4.69, 9.17) is 9.47 Å². The molecule has 1 aliphatic heterocycles. The van der Waals surface area contributed by atoms with Crippen molar-refractivity contribution in [3.05, 3.63) is 0 Å².